The Morgan fingerprint density at radius 2 is 1.18 bits per heavy atom. The third-order valence-corrected chi connectivity index (χ3v) is 2.73. The van der Waals surface area contributed by atoms with Crippen LogP contribution in [0.15, 0.2) is 48.5 Å². The first-order chi connectivity index (χ1) is 8.36. The molecule has 2 nitrogen and oxygen atoms in total. The molecule has 0 fully saturated rings. The molecule has 0 saturated carbocycles. The molecule has 2 heteroatoms. The van der Waals surface area contributed by atoms with Crippen LogP contribution >= 0.6 is 0 Å². The molecule has 0 radical (unpaired) electrons. The molecule has 0 amide bonds. The molecule has 1 heterocycles. The summed E-state index contributed by atoms with van der Waals surface area (Å²) in [6, 6.07) is 16.4. The van der Waals surface area contributed by atoms with E-state index in [9.17, 15) is 0 Å². The Kier molecular flexibility index (Phi) is 3.33. The van der Waals surface area contributed by atoms with E-state index in [1.165, 1.54) is 0 Å². The molecular weight excluding hydrogens is 208 g/mol. The number of rotatable bonds is 0. The highest BCUT2D eigenvalue weighted by molar-refractivity contribution is 5.81. The Balaban J connectivity index is 0.000000514. The Labute approximate surface area is 102 Å². The van der Waals surface area contributed by atoms with Crippen LogP contribution in [0.4, 0.5) is 0 Å². The summed E-state index contributed by atoms with van der Waals surface area (Å²) in [4.78, 5) is 4.62. The average Bonchev–Trinajstić information content (AvgIpc) is 2.41. The molecule has 1 aromatic heterocycles. The molecule has 0 N–H and O–H groups in total. The number of benzene rings is 2. The van der Waals surface area contributed by atoms with E-state index in [2.05, 4.69) is 28.7 Å². The first-order valence-electron chi connectivity index (χ1n) is 6.00. The summed E-state index contributed by atoms with van der Waals surface area (Å²) >= 11 is 0. The summed E-state index contributed by atoms with van der Waals surface area (Å²) in [6.07, 6.45) is 0. The van der Waals surface area contributed by atoms with Gasteiger partial charge in [-0.1, -0.05) is 38.1 Å². The quantitative estimate of drug-likeness (QED) is 0.424. The zero-order valence-electron chi connectivity index (χ0n) is 10.5. The van der Waals surface area contributed by atoms with Gasteiger partial charge in [-0.05, 0) is 12.1 Å². The number of aromatic nitrogens is 2. The van der Waals surface area contributed by atoms with Crippen molar-refractivity contribution in [2.45, 2.75) is 13.8 Å². The second-order valence-corrected chi connectivity index (χ2v) is 3.65. The topological polar surface area (TPSA) is 16.8 Å². The zero-order valence-corrected chi connectivity index (χ0v) is 10.5. The number of aryl methyl sites for hydroxylation is 1. The Bertz CT molecular complexity index is 591. The summed E-state index contributed by atoms with van der Waals surface area (Å²) in [5.74, 6) is 0. The first kappa shape index (κ1) is 11.5. The smallest absolute Gasteiger partial charge is 0.231 e. The van der Waals surface area contributed by atoms with Gasteiger partial charge in [0.25, 0.3) is 0 Å². The standard InChI is InChI=1S/C13H11N2.C2H6/c1-15-12-8-4-2-6-10(12)14-11-7-3-5-9-13(11)15;1-2/h2-9H,1H3;1-2H3/q+1;. The van der Waals surface area contributed by atoms with Crippen LogP contribution < -0.4 is 4.57 Å². The Morgan fingerprint density at radius 1 is 0.765 bits per heavy atom. The van der Waals surface area contributed by atoms with E-state index in [-0.39, 0.29) is 0 Å². The van der Waals surface area contributed by atoms with Crippen LogP contribution in [0.1, 0.15) is 13.8 Å². The molecule has 0 spiro atoms. The minimum absolute atomic E-state index is 1.04. The van der Waals surface area contributed by atoms with Gasteiger partial charge in [0, 0.05) is 12.1 Å². The van der Waals surface area contributed by atoms with Crippen LogP contribution in [0.3, 0.4) is 0 Å². The van der Waals surface area contributed by atoms with Crippen LogP contribution in [-0.2, 0) is 7.05 Å². The lowest BCUT2D eigenvalue weighted by atomic mass is 10.2. The van der Waals surface area contributed by atoms with Crippen molar-refractivity contribution in [3.8, 4) is 0 Å². The van der Waals surface area contributed by atoms with Crippen LogP contribution in [0, 0.1) is 0 Å². The summed E-state index contributed by atoms with van der Waals surface area (Å²) < 4.78 is 2.18. The molecule has 17 heavy (non-hydrogen) atoms. The predicted octanol–water partition coefficient (Wildman–Crippen LogP) is 3.24. The third-order valence-electron chi connectivity index (χ3n) is 2.73. The summed E-state index contributed by atoms with van der Waals surface area (Å²) in [6.45, 7) is 4.00. The van der Waals surface area contributed by atoms with E-state index in [0.29, 0.717) is 0 Å². The Morgan fingerprint density at radius 3 is 1.65 bits per heavy atom. The number of hydrogen-bond donors (Lipinski definition) is 0. The van der Waals surface area contributed by atoms with Crippen molar-refractivity contribution in [1.29, 1.82) is 0 Å². The average molecular weight is 225 g/mol. The molecule has 0 aliphatic rings. The van der Waals surface area contributed by atoms with Gasteiger partial charge in [-0.25, -0.2) is 4.98 Å². The molecule has 3 aromatic rings. The van der Waals surface area contributed by atoms with E-state index >= 15 is 0 Å². The van der Waals surface area contributed by atoms with Gasteiger partial charge in [0.05, 0.1) is 0 Å². The van der Waals surface area contributed by atoms with Crippen LogP contribution in [-0.4, -0.2) is 4.98 Å². The monoisotopic (exact) mass is 225 g/mol. The van der Waals surface area contributed by atoms with Crippen LogP contribution in [0.25, 0.3) is 22.1 Å². The SMILES string of the molecule is CC.C[n+]1c2ccccc2nc2ccccc21. The van der Waals surface area contributed by atoms with E-state index in [0.717, 1.165) is 22.1 Å². The van der Waals surface area contributed by atoms with Gasteiger partial charge < -0.3 is 0 Å². The van der Waals surface area contributed by atoms with Crippen molar-refractivity contribution in [2.75, 3.05) is 0 Å². The summed E-state index contributed by atoms with van der Waals surface area (Å²) in [5, 5.41) is 0. The highest BCUT2D eigenvalue weighted by Gasteiger charge is 2.10. The van der Waals surface area contributed by atoms with Crippen molar-refractivity contribution in [3.05, 3.63) is 48.5 Å². The molecule has 0 aliphatic carbocycles. The molecule has 0 bridgehead atoms. The number of para-hydroxylation sites is 4. The maximum Gasteiger partial charge on any atom is 0.231 e. The molecule has 0 aliphatic heterocycles. The number of nitrogens with zero attached hydrogens (tertiary/aromatic N) is 2. The highest BCUT2D eigenvalue weighted by atomic mass is 15.0. The largest absolute Gasteiger partial charge is 0.235 e. The van der Waals surface area contributed by atoms with Gasteiger partial charge >= 0.3 is 0 Å². The minimum atomic E-state index is 1.04. The minimum Gasteiger partial charge on any atom is -0.235 e. The van der Waals surface area contributed by atoms with Gasteiger partial charge in [-0.15, -0.1) is 0 Å². The Hall–Kier alpha value is -1.96. The molecule has 0 unspecified atom stereocenters. The van der Waals surface area contributed by atoms with E-state index in [1.54, 1.807) is 0 Å². The fourth-order valence-electron chi connectivity index (χ4n) is 1.94. The fraction of sp³-hybridized carbons (Fsp3) is 0.200. The number of fused-ring (bicyclic) bond motifs is 2. The van der Waals surface area contributed by atoms with Crippen LogP contribution in [0.5, 0.6) is 0 Å². The molecule has 86 valence electrons. The summed E-state index contributed by atoms with van der Waals surface area (Å²) in [7, 11) is 2.08. The van der Waals surface area contributed by atoms with Crippen molar-refractivity contribution in [2.24, 2.45) is 7.05 Å². The highest BCUT2D eigenvalue weighted by Crippen LogP contribution is 2.12. The van der Waals surface area contributed by atoms with E-state index in [1.807, 2.05) is 50.2 Å². The van der Waals surface area contributed by atoms with Crippen molar-refractivity contribution in [1.82, 2.24) is 4.98 Å². The molecule has 0 atom stereocenters. The molecular formula is C15H17N2+. The van der Waals surface area contributed by atoms with Crippen molar-refractivity contribution in [3.63, 3.8) is 0 Å². The molecule has 2 aromatic carbocycles. The summed E-state index contributed by atoms with van der Waals surface area (Å²) in [5.41, 5.74) is 4.41. The third kappa shape index (κ3) is 1.98. The second-order valence-electron chi connectivity index (χ2n) is 3.65. The lowest BCUT2D eigenvalue weighted by Crippen LogP contribution is -2.30. The van der Waals surface area contributed by atoms with E-state index in [4.69, 9.17) is 0 Å². The van der Waals surface area contributed by atoms with E-state index < -0.39 is 0 Å². The normalized spacial score (nSPS) is 10.1. The first-order valence-corrected chi connectivity index (χ1v) is 6.00. The zero-order chi connectivity index (χ0) is 12.3. The fourth-order valence-corrected chi connectivity index (χ4v) is 1.94. The van der Waals surface area contributed by atoms with Crippen molar-refractivity contribution >= 4 is 22.1 Å². The maximum absolute atomic E-state index is 4.62. The lowest BCUT2D eigenvalue weighted by Gasteiger charge is -1.99. The van der Waals surface area contributed by atoms with Gasteiger partial charge in [0.1, 0.15) is 18.1 Å². The van der Waals surface area contributed by atoms with Gasteiger partial charge in [0.2, 0.25) is 11.0 Å². The number of hydrogen-bond acceptors (Lipinski definition) is 1. The lowest BCUT2D eigenvalue weighted by molar-refractivity contribution is -0.617. The van der Waals surface area contributed by atoms with Gasteiger partial charge in [-0.2, -0.15) is 4.57 Å². The van der Waals surface area contributed by atoms with Gasteiger partial charge in [-0.3, -0.25) is 0 Å². The maximum atomic E-state index is 4.62. The predicted molar refractivity (Wildman–Crippen MR) is 71.8 cm³/mol. The van der Waals surface area contributed by atoms with Crippen molar-refractivity contribution < 1.29 is 4.57 Å². The second kappa shape index (κ2) is 4.91. The van der Waals surface area contributed by atoms with Gasteiger partial charge in [0.15, 0.2) is 0 Å². The molecule has 0 saturated heterocycles. The molecule has 3 rings (SSSR count). The van der Waals surface area contributed by atoms with Crippen LogP contribution in [0.2, 0.25) is 0 Å².